The summed E-state index contributed by atoms with van der Waals surface area (Å²) in [7, 11) is 1.71. The number of hydrogen-bond donors (Lipinski definition) is 3. The average molecular weight is 538 g/mol. The Morgan fingerprint density at radius 1 is 1.15 bits per heavy atom. The minimum atomic E-state index is -1.52. The molecule has 0 spiro atoms. The Balaban J connectivity index is 1.72. The number of rotatable bonds is 5. The van der Waals surface area contributed by atoms with Crippen molar-refractivity contribution in [3.8, 4) is 0 Å². The summed E-state index contributed by atoms with van der Waals surface area (Å²) < 4.78 is 12.5. The van der Waals surface area contributed by atoms with Gasteiger partial charge in [0, 0.05) is 54.2 Å². The van der Waals surface area contributed by atoms with Crippen LogP contribution in [0.3, 0.4) is 0 Å². The molecule has 8 atom stereocenters. The summed E-state index contributed by atoms with van der Waals surface area (Å²) in [5.41, 5.74) is -2.19. The van der Waals surface area contributed by atoms with E-state index in [0.29, 0.717) is 28.8 Å². The Morgan fingerprint density at radius 3 is 2.44 bits per heavy atom. The smallest absolute Gasteiger partial charge is 0.340 e. The van der Waals surface area contributed by atoms with Gasteiger partial charge in [0.2, 0.25) is 0 Å². The number of allylic oxidation sites excluding steroid dienone is 1. The first-order valence-electron chi connectivity index (χ1n) is 13.7. The van der Waals surface area contributed by atoms with Gasteiger partial charge in [-0.2, -0.15) is 0 Å². The van der Waals surface area contributed by atoms with Crippen LogP contribution in [0.15, 0.2) is 47.6 Å². The second-order valence-electron chi connectivity index (χ2n) is 12.5. The molecule has 0 radical (unpaired) electrons. The van der Waals surface area contributed by atoms with Crippen LogP contribution in [-0.2, 0) is 19.1 Å². The number of para-hydroxylation sites is 1. The van der Waals surface area contributed by atoms with Crippen molar-refractivity contribution in [2.45, 2.75) is 65.3 Å². The summed E-state index contributed by atoms with van der Waals surface area (Å²) in [5, 5.41) is 26.2. The standard InChI is InChI=1S/C31H39NO7/c1-16-12-22-21(25(16)35)13-19(15-33)14-24-29(6)28(4,5)31(29,39-18(3)34)26(17(2)30(22,24)37)38-27(36)20-10-8-9-11-23(20)32-7/h8-12,14,17,21-22,24,26,32-33,37H,13,15H2,1-7H3/t17-,21-,22-,24+,26-,29-,30+,31-/m1/s1. The molecular weight excluding hydrogens is 498 g/mol. The maximum atomic E-state index is 13.7. The average Bonchev–Trinajstić information content (AvgIpc) is 3.16. The van der Waals surface area contributed by atoms with E-state index in [-0.39, 0.29) is 12.4 Å². The van der Waals surface area contributed by atoms with E-state index in [2.05, 4.69) is 5.32 Å². The van der Waals surface area contributed by atoms with E-state index in [9.17, 15) is 24.6 Å². The van der Waals surface area contributed by atoms with Gasteiger partial charge in [0.1, 0.15) is 6.10 Å². The first kappa shape index (κ1) is 27.6. The number of esters is 2. The Hall–Kier alpha value is -2.97. The monoisotopic (exact) mass is 537 g/mol. The molecule has 8 nitrogen and oxygen atoms in total. The fourth-order valence-electron chi connectivity index (χ4n) is 8.61. The normalized spacial score (nSPS) is 39.7. The van der Waals surface area contributed by atoms with Gasteiger partial charge < -0.3 is 25.0 Å². The van der Waals surface area contributed by atoms with Crippen molar-refractivity contribution < 1.29 is 34.1 Å². The number of Topliss-reactive ketones (excluding diaryl/α,β-unsaturated/α-hetero) is 1. The minimum Gasteiger partial charge on any atom is -0.454 e. The second kappa shape index (κ2) is 8.77. The Bertz CT molecular complexity index is 1310. The van der Waals surface area contributed by atoms with Gasteiger partial charge in [-0.15, -0.1) is 0 Å². The third-order valence-electron chi connectivity index (χ3n) is 10.8. The van der Waals surface area contributed by atoms with Crippen molar-refractivity contribution in [1.82, 2.24) is 0 Å². The van der Waals surface area contributed by atoms with Crippen molar-refractivity contribution >= 4 is 23.4 Å². The lowest BCUT2D eigenvalue weighted by molar-refractivity contribution is -0.220. The molecule has 0 bridgehead atoms. The summed E-state index contributed by atoms with van der Waals surface area (Å²) in [6.45, 7) is 10.5. The molecule has 2 saturated carbocycles. The molecule has 0 aromatic heterocycles. The number of nitrogens with one attached hydrogen (secondary N) is 1. The van der Waals surface area contributed by atoms with Crippen molar-refractivity contribution in [1.29, 1.82) is 0 Å². The van der Waals surface area contributed by atoms with Crippen molar-refractivity contribution in [2.75, 3.05) is 19.0 Å². The summed E-state index contributed by atoms with van der Waals surface area (Å²) in [4.78, 5) is 39.6. The van der Waals surface area contributed by atoms with E-state index in [1.54, 1.807) is 32.2 Å². The molecule has 4 aliphatic carbocycles. The van der Waals surface area contributed by atoms with Crippen molar-refractivity contribution in [3.63, 3.8) is 0 Å². The number of benzene rings is 1. The first-order valence-corrected chi connectivity index (χ1v) is 13.7. The van der Waals surface area contributed by atoms with Crippen LogP contribution in [0.2, 0.25) is 0 Å². The van der Waals surface area contributed by atoms with Crippen LogP contribution in [0.1, 0.15) is 58.3 Å². The second-order valence-corrected chi connectivity index (χ2v) is 12.5. The van der Waals surface area contributed by atoms with E-state index in [0.717, 1.165) is 0 Å². The predicted molar refractivity (Wildman–Crippen MR) is 145 cm³/mol. The van der Waals surface area contributed by atoms with Crippen LogP contribution in [0.25, 0.3) is 0 Å². The third kappa shape index (κ3) is 3.27. The highest BCUT2D eigenvalue weighted by Crippen LogP contribution is 2.84. The highest BCUT2D eigenvalue weighted by atomic mass is 16.6. The first-order chi connectivity index (χ1) is 18.2. The lowest BCUT2D eigenvalue weighted by Crippen LogP contribution is -2.65. The number of hydrogen-bond acceptors (Lipinski definition) is 8. The molecule has 210 valence electrons. The van der Waals surface area contributed by atoms with Crippen molar-refractivity contribution in [3.05, 3.63) is 53.1 Å². The molecule has 0 saturated heterocycles. The molecule has 0 aliphatic heterocycles. The van der Waals surface area contributed by atoms with Gasteiger partial charge in [0.05, 0.1) is 17.8 Å². The number of ether oxygens (including phenoxy) is 2. The molecule has 8 heteroatoms. The Labute approximate surface area is 229 Å². The summed E-state index contributed by atoms with van der Waals surface area (Å²) >= 11 is 0. The lowest BCUT2D eigenvalue weighted by Gasteiger charge is -2.54. The molecule has 1 aromatic carbocycles. The number of carbonyl (C=O) groups excluding carboxylic acids is 3. The van der Waals surface area contributed by atoms with Gasteiger partial charge in [-0.3, -0.25) is 9.59 Å². The SMILES string of the molecule is CNc1ccccc1C(=O)O[C@@H]1[C@@H](C)[C@]2(O)[C@@H]3C=C(C)C(=O)[C@@H]3CC(CO)=C[C@H]2[C@]2(C)C(C)(C)[C@]12OC(C)=O. The molecule has 3 N–H and O–H groups in total. The van der Waals surface area contributed by atoms with E-state index in [1.807, 2.05) is 45.9 Å². The maximum absolute atomic E-state index is 13.7. The molecule has 2 fully saturated rings. The van der Waals surface area contributed by atoms with E-state index < -0.39 is 63.7 Å². The topological polar surface area (TPSA) is 122 Å². The van der Waals surface area contributed by atoms with Gasteiger partial charge in [0.15, 0.2) is 11.4 Å². The number of anilines is 1. The molecule has 5 rings (SSSR count). The number of ketones is 1. The number of aliphatic hydroxyl groups excluding tert-OH is 1. The molecule has 0 unspecified atom stereocenters. The van der Waals surface area contributed by atoms with E-state index in [4.69, 9.17) is 9.47 Å². The van der Waals surface area contributed by atoms with Gasteiger partial charge in [0.25, 0.3) is 0 Å². The predicted octanol–water partition coefficient (Wildman–Crippen LogP) is 3.68. The Kier molecular flexibility index (Phi) is 6.20. The van der Waals surface area contributed by atoms with E-state index in [1.165, 1.54) is 6.92 Å². The largest absolute Gasteiger partial charge is 0.454 e. The van der Waals surface area contributed by atoms with Crippen LogP contribution in [0.5, 0.6) is 0 Å². The number of fused-ring (bicyclic) bond motifs is 5. The molecule has 1 aromatic rings. The highest BCUT2D eigenvalue weighted by Gasteiger charge is 2.93. The third-order valence-corrected chi connectivity index (χ3v) is 10.8. The zero-order chi connectivity index (χ0) is 28.7. The van der Waals surface area contributed by atoms with Crippen LogP contribution in [-0.4, -0.2) is 58.9 Å². The zero-order valence-corrected chi connectivity index (χ0v) is 23.7. The molecular formula is C31H39NO7. The zero-order valence-electron chi connectivity index (χ0n) is 23.7. The number of carbonyl (C=O) groups is 3. The summed E-state index contributed by atoms with van der Waals surface area (Å²) in [6, 6.07) is 6.98. The lowest BCUT2D eigenvalue weighted by atomic mass is 9.56. The van der Waals surface area contributed by atoms with Gasteiger partial charge in [-0.05, 0) is 36.6 Å². The molecule has 4 aliphatic rings. The van der Waals surface area contributed by atoms with Crippen LogP contribution in [0, 0.1) is 34.5 Å². The fraction of sp³-hybridized carbons (Fsp3) is 0.581. The van der Waals surface area contributed by atoms with Crippen LogP contribution in [0.4, 0.5) is 5.69 Å². The summed E-state index contributed by atoms with van der Waals surface area (Å²) in [6.07, 6.45) is 3.06. The van der Waals surface area contributed by atoms with E-state index >= 15 is 0 Å². The minimum absolute atomic E-state index is 0.0471. The molecule has 39 heavy (non-hydrogen) atoms. The fourth-order valence-corrected chi connectivity index (χ4v) is 8.61. The Morgan fingerprint density at radius 2 is 1.82 bits per heavy atom. The number of aliphatic hydroxyl groups is 2. The van der Waals surface area contributed by atoms with Gasteiger partial charge >= 0.3 is 11.9 Å². The van der Waals surface area contributed by atoms with Crippen molar-refractivity contribution in [2.24, 2.45) is 34.5 Å². The molecule has 0 heterocycles. The van der Waals surface area contributed by atoms with Crippen LogP contribution >= 0.6 is 0 Å². The highest BCUT2D eigenvalue weighted by molar-refractivity contribution is 6.00. The maximum Gasteiger partial charge on any atom is 0.340 e. The van der Waals surface area contributed by atoms with Crippen LogP contribution < -0.4 is 5.32 Å². The van der Waals surface area contributed by atoms with Gasteiger partial charge in [-0.25, -0.2) is 4.79 Å². The molecule has 0 amide bonds. The summed E-state index contributed by atoms with van der Waals surface area (Å²) in [5.74, 6) is -3.55. The quantitative estimate of drug-likeness (QED) is 0.384. The van der Waals surface area contributed by atoms with Gasteiger partial charge in [-0.1, -0.05) is 52.0 Å².